The number of hydrogen-bond acceptors (Lipinski definition) is 3. The molecule has 0 saturated carbocycles. The van der Waals surface area contributed by atoms with Gasteiger partial charge in [-0.05, 0) is 0 Å². The summed E-state index contributed by atoms with van der Waals surface area (Å²) in [5.74, 6) is -362. The van der Waals surface area contributed by atoms with Gasteiger partial charge in [0.1, 0.15) is 0 Å². The minimum absolute atomic E-state index is 0.545. The molecule has 125 heavy (non-hydrogen) atoms. The van der Waals surface area contributed by atoms with Crippen LogP contribution >= 0.6 is 0 Å². The van der Waals surface area contributed by atoms with Gasteiger partial charge in [0.2, 0.25) is 0 Å². The Bertz CT molecular complexity index is 3800. The molecule has 1 unspecified atom stereocenters. The normalized spacial score (nSPS) is 18.0. The van der Waals surface area contributed by atoms with Crippen LogP contribution in [0, 0.1) is 0 Å². The van der Waals surface area contributed by atoms with Crippen LogP contribution in [0.2, 0.25) is 0 Å². The Morgan fingerprint density at radius 2 is 0.216 bits per heavy atom. The average molecular weight is 2090 g/mol. The largest absolute Gasteiger partial charge is 0.493 e. The average Bonchev–Trinajstić information content (AvgIpc) is 0.678. The van der Waals surface area contributed by atoms with Gasteiger partial charge in [-0.25, -0.2) is 9.47 Å². The van der Waals surface area contributed by atoms with Crippen molar-refractivity contribution < 1.29 is 369 Å². The highest BCUT2D eigenvalue weighted by Crippen LogP contribution is 2.76. The van der Waals surface area contributed by atoms with Crippen LogP contribution in [-0.2, 0) is 9.47 Å². The van der Waals surface area contributed by atoms with Crippen LogP contribution < -0.4 is 5.32 Å². The first kappa shape index (κ1) is 119. The first-order chi connectivity index (χ1) is 52.1. The molecule has 0 aliphatic carbocycles. The predicted molar refractivity (Wildman–Crippen MR) is 205 cm³/mol. The fourth-order valence-electron chi connectivity index (χ4n) is 7.34. The minimum Gasteiger partial charge on any atom is -0.244 e. The predicted octanol–water partition coefficient (Wildman–Crippen LogP) is 25.6. The van der Waals surface area contributed by atoms with Crippen LogP contribution in [0.1, 0.15) is 0 Å². The molecular formula is C40HF82NO2. The van der Waals surface area contributed by atoms with E-state index < -0.39 is 244 Å². The molecule has 0 aromatic carbocycles. The highest BCUT2D eigenvalue weighted by Gasteiger charge is 3.07. The second kappa shape index (κ2) is 28.8. The Labute approximate surface area is 614 Å². The number of nitrogens with one attached hydrogen (secondary N) is 1. The summed E-state index contributed by atoms with van der Waals surface area (Å²) in [6, 6.07) is -20.8. The molecule has 0 aliphatic heterocycles. The van der Waals surface area contributed by atoms with E-state index in [1.54, 1.807) is 0 Å². The lowest BCUT2D eigenvalue weighted by Gasteiger charge is -2.48. The zero-order chi connectivity index (χ0) is 104. The van der Waals surface area contributed by atoms with Crippen molar-refractivity contribution in [3.63, 3.8) is 0 Å². The topological polar surface area (TPSA) is 30.5 Å². The van der Waals surface area contributed by atoms with Crippen LogP contribution in [0.3, 0.4) is 0 Å². The Morgan fingerprint density at radius 3 is 0.328 bits per heavy atom. The van der Waals surface area contributed by atoms with Crippen molar-refractivity contribution in [3.05, 3.63) is 0 Å². The Hall–Kier alpha value is -5.86. The highest BCUT2D eigenvalue weighted by molar-refractivity contribution is 5.27. The van der Waals surface area contributed by atoms with E-state index in [0.717, 1.165) is 4.74 Å². The van der Waals surface area contributed by atoms with Crippen LogP contribution in [0.4, 0.5) is 360 Å². The van der Waals surface area contributed by atoms with Crippen LogP contribution in [0.15, 0.2) is 0 Å². The third kappa shape index (κ3) is 14.1. The first-order valence-corrected chi connectivity index (χ1v) is 25.8. The standard InChI is InChI=1S/C40HF82NO2/c41-1(42,5(49,50)9(57,58)13(65,66)17(73,74)21(81,82)25(89,90)29(97,98)33(105,35(109,110)111)124-40(121,122)125-39(119,120)36(112,113)114)3(45,46)7(53,54)11(61,62)15(69,70)19(77,78)23(85,86)27(93,94)31(101,102)37(115,116)123-38(117,118)32(103,104)28(95,96)24(87,88)20(79,80)16(71,72)12(63,64)8(55,56)4(47,48)2(43,44)6(51,52)10(59,60)14(67,68)18(75,76)22(83,84)26(91,92)30(99,100)34(106,107)108/h123H. The molecular weight excluding hydrogens is 2080 g/mol. The molecule has 1 atom stereocenters. The van der Waals surface area contributed by atoms with Crippen molar-refractivity contribution in [1.29, 1.82) is 0 Å². The molecule has 0 radical (unpaired) electrons. The molecule has 0 saturated heterocycles. The van der Waals surface area contributed by atoms with Gasteiger partial charge in [-0.1, -0.05) is 0 Å². The van der Waals surface area contributed by atoms with Gasteiger partial charge in [-0.3, -0.25) is 0 Å². The second-order valence-electron chi connectivity index (χ2n) is 22.9. The molecule has 1 N–H and O–H groups in total. The summed E-state index contributed by atoms with van der Waals surface area (Å²) in [4.78, 5) is 0. The number of alkyl halides is 82. The van der Waals surface area contributed by atoms with E-state index in [1.165, 1.54) is 0 Å². The fourth-order valence-corrected chi connectivity index (χ4v) is 7.34. The van der Waals surface area contributed by atoms with Crippen molar-refractivity contribution in [3.8, 4) is 0 Å². The van der Waals surface area contributed by atoms with Gasteiger partial charge in [0.25, 0.3) is 0 Å². The number of hydrogen-bond donors (Lipinski definition) is 1. The van der Waals surface area contributed by atoms with Gasteiger partial charge in [-0.15, -0.1) is 8.78 Å². The van der Waals surface area contributed by atoms with Crippen molar-refractivity contribution in [2.75, 3.05) is 0 Å². The third-order valence-electron chi connectivity index (χ3n) is 14.9. The molecule has 0 bridgehead atoms. The van der Waals surface area contributed by atoms with E-state index in [0.29, 0.717) is 4.74 Å². The van der Waals surface area contributed by atoms with Crippen molar-refractivity contribution in [2.45, 2.75) is 238 Å². The maximum atomic E-state index is 14.4. The molecule has 85 heteroatoms. The fraction of sp³-hybridized carbons (Fsp3) is 1.00. The van der Waals surface area contributed by atoms with Gasteiger partial charge in [-0.2, -0.15) is 357 Å². The van der Waals surface area contributed by atoms with Gasteiger partial charge in [0.15, 0.2) is 0 Å². The molecule has 0 spiro atoms. The molecule has 0 aliphatic rings. The molecule has 0 heterocycles. The lowest BCUT2D eigenvalue weighted by Crippen LogP contribution is -2.81. The molecule has 0 amide bonds. The van der Waals surface area contributed by atoms with Gasteiger partial charge < -0.3 is 0 Å². The Balaban J connectivity index is 8.44. The molecule has 0 aromatic rings. The quantitative estimate of drug-likeness (QED) is 0.0378. The third-order valence-corrected chi connectivity index (χ3v) is 14.9. The maximum absolute atomic E-state index is 14.4. The maximum Gasteiger partial charge on any atom is 0.493 e. The summed E-state index contributed by atoms with van der Waals surface area (Å²) in [7, 11) is 0. The summed E-state index contributed by atoms with van der Waals surface area (Å²) < 4.78 is 1150. The van der Waals surface area contributed by atoms with E-state index in [4.69, 9.17) is 0 Å². The summed E-state index contributed by atoms with van der Waals surface area (Å²) >= 11 is 0. The zero-order valence-corrected chi connectivity index (χ0v) is 52.3. The first-order valence-electron chi connectivity index (χ1n) is 25.8. The summed E-state index contributed by atoms with van der Waals surface area (Å²) in [5.41, 5.74) is 0. The van der Waals surface area contributed by atoms with Crippen molar-refractivity contribution >= 4 is 0 Å². The molecule has 752 valence electrons. The SMILES string of the molecule is FC(F)(OC(F)(F)C(F)(F)F)OC(F)(C(F)(F)F)C(F)(F)C(F)(F)C(F)(F)C(F)(F)C(F)(F)C(F)(F)C(F)(F)C(F)(F)C(F)(F)C(F)(F)C(F)(F)C(F)(F)C(F)(F)C(F)(F)C(F)(F)C(F)(F)C(F)(F)NC(F)(F)C(F)(F)C(F)(F)C(F)(F)C(F)(F)C(F)(F)C(F)(F)C(F)(F)C(F)(F)C(F)(F)C(F)(F)C(F)(F)C(F)(F)C(F)(F)C(F)(F)C(F)(F)C(F)(F)C(F)(F)F. The van der Waals surface area contributed by atoms with Gasteiger partial charge >= 0.3 is 238 Å². The lowest BCUT2D eigenvalue weighted by atomic mass is 9.82. The van der Waals surface area contributed by atoms with E-state index in [1.807, 2.05) is 0 Å². The number of halogens is 82. The Kier molecular flexibility index (Phi) is 27.5. The monoisotopic (exact) mass is 2080 g/mol. The van der Waals surface area contributed by atoms with E-state index >= 15 is 0 Å². The van der Waals surface area contributed by atoms with E-state index in [9.17, 15) is 360 Å². The molecule has 0 aromatic heterocycles. The van der Waals surface area contributed by atoms with Crippen molar-refractivity contribution in [2.24, 2.45) is 0 Å². The van der Waals surface area contributed by atoms with Crippen LogP contribution in [0.5, 0.6) is 0 Å². The van der Waals surface area contributed by atoms with E-state index in [2.05, 4.69) is 0 Å². The number of rotatable bonds is 39. The summed E-state index contributed by atoms with van der Waals surface area (Å²) in [5, 5.41) is -3.73. The smallest absolute Gasteiger partial charge is 0.244 e. The summed E-state index contributed by atoms with van der Waals surface area (Å²) in [6.45, 7) is 0. The van der Waals surface area contributed by atoms with Crippen LogP contribution in [0.25, 0.3) is 0 Å². The lowest BCUT2D eigenvalue weighted by molar-refractivity contribution is -0.573. The van der Waals surface area contributed by atoms with E-state index in [-0.39, 0.29) is 0 Å². The minimum atomic E-state index is -11.4. The van der Waals surface area contributed by atoms with Crippen LogP contribution in [-0.4, -0.2) is 238 Å². The highest BCUT2D eigenvalue weighted by atomic mass is 19.5. The van der Waals surface area contributed by atoms with Gasteiger partial charge in [0.05, 0.1) is 0 Å². The Morgan fingerprint density at radius 1 is 0.104 bits per heavy atom. The molecule has 3 nitrogen and oxygen atoms in total. The summed E-state index contributed by atoms with van der Waals surface area (Å²) in [6.07, 6.45) is -43.5. The number of ether oxygens (including phenoxy) is 2. The molecule has 0 rings (SSSR count). The second-order valence-corrected chi connectivity index (χ2v) is 22.9. The zero-order valence-electron chi connectivity index (χ0n) is 52.3. The molecule has 0 fully saturated rings. The van der Waals surface area contributed by atoms with Crippen molar-refractivity contribution in [1.82, 2.24) is 5.32 Å². The van der Waals surface area contributed by atoms with Gasteiger partial charge in [0, 0.05) is 0 Å².